The smallest absolute Gasteiger partial charge is 0.116 e. The van der Waals surface area contributed by atoms with Gasteiger partial charge in [0.25, 0.3) is 0 Å². The van der Waals surface area contributed by atoms with E-state index in [4.69, 9.17) is 11.6 Å². The molecule has 0 aromatic rings. The Morgan fingerprint density at radius 3 is 2.29 bits per heavy atom. The molecule has 1 aliphatic rings. The second-order valence-corrected chi connectivity index (χ2v) is 2.52. The predicted molar refractivity (Wildman–Crippen MR) is 28.4 cm³/mol. The lowest BCUT2D eigenvalue weighted by molar-refractivity contribution is 0.347. The minimum Gasteiger partial charge on any atom is -0.246 e. The van der Waals surface area contributed by atoms with Gasteiger partial charge in [-0.05, 0) is 19.3 Å². The first-order chi connectivity index (χ1) is 3.30. The number of hydrogen-bond acceptors (Lipinski definition) is 0. The second kappa shape index (κ2) is 1.99. The zero-order chi connectivity index (χ0) is 5.28. The van der Waals surface area contributed by atoms with Crippen LogP contribution in [-0.2, 0) is 0 Å². The van der Waals surface area contributed by atoms with E-state index in [-0.39, 0.29) is 5.38 Å². The molecular weight excluding hydrogens is 115 g/mol. The molecule has 1 aliphatic carbocycles. The fourth-order valence-electron chi connectivity index (χ4n) is 0.870. The Labute approximate surface area is 47.7 Å². The molecule has 1 fully saturated rings. The van der Waals surface area contributed by atoms with Crippen molar-refractivity contribution in [2.24, 2.45) is 0 Å². The van der Waals surface area contributed by atoms with Crippen molar-refractivity contribution in [2.75, 3.05) is 0 Å². The summed E-state index contributed by atoms with van der Waals surface area (Å²) < 4.78 is 12.2. The fraction of sp³-hybridized carbons (Fsp3) is 1.00. The maximum absolute atomic E-state index is 12.2. The maximum atomic E-state index is 12.2. The van der Waals surface area contributed by atoms with E-state index in [1.165, 1.54) is 0 Å². The minimum absolute atomic E-state index is 0.181. The third kappa shape index (κ3) is 1.06. The highest BCUT2D eigenvalue weighted by molar-refractivity contribution is 6.21. The highest BCUT2D eigenvalue weighted by Crippen LogP contribution is 2.26. The van der Waals surface area contributed by atoms with E-state index in [0.717, 1.165) is 12.8 Å². The predicted octanol–water partition coefficient (Wildman–Crippen LogP) is 2.12. The van der Waals surface area contributed by atoms with E-state index in [2.05, 4.69) is 0 Å². The summed E-state index contributed by atoms with van der Waals surface area (Å²) in [6, 6.07) is 0. The quantitative estimate of drug-likeness (QED) is 0.432. The standard InChI is InChI=1S/C5H8ClF/c6-4-2-1-3-5(4)7/h4-5H,1-3H2/t4-,5-/m0/s1. The summed E-state index contributed by atoms with van der Waals surface area (Å²) in [4.78, 5) is 0. The van der Waals surface area contributed by atoms with E-state index < -0.39 is 6.17 Å². The molecule has 0 saturated heterocycles. The highest BCUT2D eigenvalue weighted by Gasteiger charge is 2.23. The van der Waals surface area contributed by atoms with Crippen molar-refractivity contribution in [3.8, 4) is 0 Å². The lowest BCUT2D eigenvalue weighted by Crippen LogP contribution is -2.05. The lowest BCUT2D eigenvalue weighted by Gasteiger charge is -1.98. The van der Waals surface area contributed by atoms with Gasteiger partial charge in [0.1, 0.15) is 6.17 Å². The zero-order valence-electron chi connectivity index (χ0n) is 4.03. The molecule has 0 unspecified atom stereocenters. The Morgan fingerprint density at radius 1 is 1.43 bits per heavy atom. The van der Waals surface area contributed by atoms with Gasteiger partial charge in [0.15, 0.2) is 0 Å². The Morgan fingerprint density at radius 2 is 2.14 bits per heavy atom. The molecule has 0 N–H and O–H groups in total. The average Bonchev–Trinajstić information content (AvgIpc) is 1.91. The first kappa shape index (κ1) is 5.36. The molecule has 2 atom stereocenters. The zero-order valence-corrected chi connectivity index (χ0v) is 4.79. The van der Waals surface area contributed by atoms with Crippen LogP contribution < -0.4 is 0 Å². The average molecular weight is 123 g/mol. The molecule has 42 valence electrons. The van der Waals surface area contributed by atoms with Crippen LogP contribution in [-0.4, -0.2) is 11.5 Å². The molecule has 1 saturated carbocycles. The molecule has 0 amide bonds. The molecule has 0 heterocycles. The van der Waals surface area contributed by atoms with Crippen molar-refractivity contribution in [3.63, 3.8) is 0 Å². The molecule has 2 heteroatoms. The first-order valence-electron chi connectivity index (χ1n) is 2.59. The van der Waals surface area contributed by atoms with Gasteiger partial charge in [0.05, 0.1) is 5.38 Å². The van der Waals surface area contributed by atoms with E-state index >= 15 is 0 Å². The summed E-state index contributed by atoms with van der Waals surface area (Å²) in [6.07, 6.45) is 1.79. The van der Waals surface area contributed by atoms with Crippen LogP contribution in [0.3, 0.4) is 0 Å². The van der Waals surface area contributed by atoms with Crippen molar-refractivity contribution in [1.82, 2.24) is 0 Å². The monoisotopic (exact) mass is 122 g/mol. The number of hydrogen-bond donors (Lipinski definition) is 0. The highest BCUT2D eigenvalue weighted by atomic mass is 35.5. The summed E-state index contributed by atoms with van der Waals surface area (Å²) in [7, 11) is 0. The SMILES string of the molecule is F[C@H]1CCC[C@@H]1Cl. The molecular formula is C5H8ClF. The number of alkyl halides is 2. The lowest BCUT2D eigenvalue weighted by atomic mass is 10.3. The van der Waals surface area contributed by atoms with E-state index in [1.807, 2.05) is 0 Å². The topological polar surface area (TPSA) is 0 Å². The van der Waals surface area contributed by atoms with Crippen LogP contribution in [0.2, 0.25) is 0 Å². The van der Waals surface area contributed by atoms with Gasteiger partial charge in [-0.15, -0.1) is 11.6 Å². The summed E-state index contributed by atoms with van der Waals surface area (Å²) in [5.74, 6) is 0. The summed E-state index contributed by atoms with van der Waals surface area (Å²) >= 11 is 5.49. The largest absolute Gasteiger partial charge is 0.246 e. The molecule has 0 aromatic heterocycles. The van der Waals surface area contributed by atoms with E-state index in [1.54, 1.807) is 0 Å². The summed E-state index contributed by atoms with van der Waals surface area (Å²) in [5, 5.41) is -0.181. The Hall–Kier alpha value is 0.220. The third-order valence-corrected chi connectivity index (χ3v) is 1.84. The Kier molecular flexibility index (Phi) is 1.53. The molecule has 0 aliphatic heterocycles. The van der Waals surface area contributed by atoms with Gasteiger partial charge >= 0.3 is 0 Å². The third-order valence-electron chi connectivity index (χ3n) is 1.35. The van der Waals surface area contributed by atoms with Crippen molar-refractivity contribution in [1.29, 1.82) is 0 Å². The van der Waals surface area contributed by atoms with Crippen LogP contribution in [0.15, 0.2) is 0 Å². The summed E-state index contributed by atoms with van der Waals surface area (Å²) in [6.45, 7) is 0. The van der Waals surface area contributed by atoms with Gasteiger partial charge in [-0.3, -0.25) is 0 Å². The van der Waals surface area contributed by atoms with Crippen LogP contribution in [0.5, 0.6) is 0 Å². The first-order valence-corrected chi connectivity index (χ1v) is 3.02. The van der Waals surface area contributed by atoms with Crippen molar-refractivity contribution in [3.05, 3.63) is 0 Å². The number of halogens is 2. The van der Waals surface area contributed by atoms with Gasteiger partial charge in [-0.25, -0.2) is 4.39 Å². The van der Waals surface area contributed by atoms with Gasteiger partial charge in [-0.1, -0.05) is 0 Å². The fourth-order valence-corrected chi connectivity index (χ4v) is 1.15. The van der Waals surface area contributed by atoms with Crippen molar-refractivity contribution < 1.29 is 4.39 Å². The summed E-state index contributed by atoms with van der Waals surface area (Å²) in [5.41, 5.74) is 0. The van der Waals surface area contributed by atoms with Gasteiger partial charge < -0.3 is 0 Å². The van der Waals surface area contributed by atoms with Gasteiger partial charge in [-0.2, -0.15) is 0 Å². The molecule has 0 spiro atoms. The van der Waals surface area contributed by atoms with E-state index in [0.29, 0.717) is 6.42 Å². The molecule has 0 radical (unpaired) electrons. The molecule has 0 bridgehead atoms. The minimum atomic E-state index is -0.721. The van der Waals surface area contributed by atoms with Crippen LogP contribution in [0, 0.1) is 0 Å². The van der Waals surface area contributed by atoms with Crippen molar-refractivity contribution in [2.45, 2.75) is 30.8 Å². The van der Waals surface area contributed by atoms with E-state index in [9.17, 15) is 4.39 Å². The van der Waals surface area contributed by atoms with Crippen LogP contribution in [0.25, 0.3) is 0 Å². The van der Waals surface area contributed by atoms with Crippen LogP contribution >= 0.6 is 11.6 Å². The normalized spacial score (nSPS) is 42.0. The van der Waals surface area contributed by atoms with Crippen LogP contribution in [0.4, 0.5) is 4.39 Å². The van der Waals surface area contributed by atoms with Gasteiger partial charge in [0.2, 0.25) is 0 Å². The maximum Gasteiger partial charge on any atom is 0.116 e. The molecule has 1 rings (SSSR count). The van der Waals surface area contributed by atoms with Crippen LogP contribution in [0.1, 0.15) is 19.3 Å². The van der Waals surface area contributed by atoms with Gasteiger partial charge in [0, 0.05) is 0 Å². The van der Waals surface area contributed by atoms with Crippen molar-refractivity contribution >= 4 is 11.6 Å². The molecule has 0 nitrogen and oxygen atoms in total. The molecule has 0 aromatic carbocycles. The number of rotatable bonds is 0. The Bertz CT molecular complexity index is 57.1. The Balaban J connectivity index is 2.33. The molecule has 7 heavy (non-hydrogen) atoms. The second-order valence-electron chi connectivity index (χ2n) is 1.96.